The smallest absolute Gasteiger partial charge is 0.240 e. The molecule has 25 heavy (non-hydrogen) atoms. The molecule has 1 aliphatic heterocycles. The van der Waals surface area contributed by atoms with E-state index >= 15 is 0 Å². The number of likely N-dealkylation sites (tertiary alicyclic amines) is 1. The highest BCUT2D eigenvalue weighted by molar-refractivity contribution is 7.99. The Morgan fingerprint density at radius 1 is 1.40 bits per heavy atom. The molecule has 3 heterocycles. The third-order valence-corrected chi connectivity index (χ3v) is 5.20. The van der Waals surface area contributed by atoms with Crippen LogP contribution >= 0.6 is 11.8 Å². The Balaban J connectivity index is 1.69. The summed E-state index contributed by atoms with van der Waals surface area (Å²) in [5.41, 5.74) is 5.43. The van der Waals surface area contributed by atoms with Gasteiger partial charge in [-0.15, -0.1) is 10.2 Å². The van der Waals surface area contributed by atoms with Crippen LogP contribution in [0.5, 0.6) is 0 Å². The minimum atomic E-state index is -0.496. The Bertz CT molecular complexity index is 743. The average molecular weight is 363 g/mol. The molecule has 3 rings (SSSR count). The van der Waals surface area contributed by atoms with E-state index in [1.54, 1.807) is 17.2 Å². The highest BCUT2D eigenvalue weighted by Crippen LogP contribution is 2.25. The number of furan rings is 1. The van der Waals surface area contributed by atoms with E-state index in [0.29, 0.717) is 36.3 Å². The van der Waals surface area contributed by atoms with Gasteiger partial charge in [0, 0.05) is 13.1 Å². The summed E-state index contributed by atoms with van der Waals surface area (Å²) in [7, 11) is 0. The molecule has 9 heteroatoms. The molecule has 2 amide bonds. The summed E-state index contributed by atoms with van der Waals surface area (Å²) in [5, 5.41) is 8.98. The highest BCUT2D eigenvalue weighted by Gasteiger charge is 2.30. The van der Waals surface area contributed by atoms with Crippen molar-refractivity contribution in [1.29, 1.82) is 0 Å². The first-order chi connectivity index (χ1) is 12.1. The van der Waals surface area contributed by atoms with Crippen molar-refractivity contribution in [1.82, 2.24) is 19.7 Å². The third kappa shape index (κ3) is 3.71. The van der Waals surface area contributed by atoms with Crippen LogP contribution in [0.25, 0.3) is 11.6 Å². The highest BCUT2D eigenvalue weighted by atomic mass is 32.2. The molecule has 1 atom stereocenters. The third-order valence-electron chi connectivity index (χ3n) is 4.25. The van der Waals surface area contributed by atoms with E-state index < -0.39 is 11.9 Å². The molecule has 0 aromatic carbocycles. The van der Waals surface area contributed by atoms with Gasteiger partial charge >= 0.3 is 0 Å². The van der Waals surface area contributed by atoms with Gasteiger partial charge in [-0.3, -0.25) is 14.2 Å². The Morgan fingerprint density at radius 2 is 2.24 bits per heavy atom. The molecule has 8 nitrogen and oxygen atoms in total. The Kier molecular flexibility index (Phi) is 5.42. The molecule has 0 bridgehead atoms. The first-order valence-corrected chi connectivity index (χ1v) is 9.29. The van der Waals surface area contributed by atoms with Crippen LogP contribution < -0.4 is 5.73 Å². The Labute approximate surface area is 149 Å². The second kappa shape index (κ2) is 7.73. The van der Waals surface area contributed by atoms with Crippen molar-refractivity contribution in [3.8, 4) is 11.6 Å². The maximum absolute atomic E-state index is 12.5. The fourth-order valence-corrected chi connectivity index (χ4v) is 3.89. The van der Waals surface area contributed by atoms with Gasteiger partial charge in [0.2, 0.25) is 11.8 Å². The fourth-order valence-electron chi connectivity index (χ4n) is 3.00. The lowest BCUT2D eigenvalue weighted by Gasteiger charge is -2.33. The monoisotopic (exact) mass is 363 g/mol. The summed E-state index contributed by atoms with van der Waals surface area (Å²) in [5.74, 6) is 0.932. The van der Waals surface area contributed by atoms with E-state index in [-0.39, 0.29) is 11.7 Å². The number of piperidine rings is 1. The average Bonchev–Trinajstić information content (AvgIpc) is 3.28. The second-order valence-corrected chi connectivity index (χ2v) is 6.76. The van der Waals surface area contributed by atoms with Gasteiger partial charge in [0.05, 0.1) is 12.0 Å². The fraction of sp³-hybridized carbons (Fsp3) is 0.500. The van der Waals surface area contributed by atoms with Crippen LogP contribution in [0.1, 0.15) is 26.2 Å². The molecular weight excluding hydrogens is 342 g/mol. The molecule has 0 aliphatic carbocycles. The molecule has 2 aromatic rings. The van der Waals surface area contributed by atoms with Crippen molar-refractivity contribution in [2.75, 3.05) is 12.3 Å². The summed E-state index contributed by atoms with van der Waals surface area (Å²) < 4.78 is 7.28. The van der Waals surface area contributed by atoms with Crippen molar-refractivity contribution >= 4 is 23.6 Å². The number of aromatic nitrogens is 3. The van der Waals surface area contributed by atoms with Gasteiger partial charge in [-0.1, -0.05) is 11.8 Å². The van der Waals surface area contributed by atoms with Crippen LogP contribution in [0.3, 0.4) is 0 Å². The lowest BCUT2D eigenvalue weighted by molar-refractivity contribution is -0.138. The van der Waals surface area contributed by atoms with Crippen molar-refractivity contribution in [2.45, 2.75) is 43.9 Å². The van der Waals surface area contributed by atoms with E-state index in [2.05, 4.69) is 10.2 Å². The molecule has 0 spiro atoms. The molecule has 2 aromatic heterocycles. The molecule has 1 saturated heterocycles. The van der Waals surface area contributed by atoms with Crippen LogP contribution in [0.2, 0.25) is 0 Å². The van der Waals surface area contributed by atoms with E-state index in [4.69, 9.17) is 10.2 Å². The molecule has 0 saturated carbocycles. The van der Waals surface area contributed by atoms with Crippen molar-refractivity contribution < 1.29 is 14.0 Å². The molecule has 1 fully saturated rings. The van der Waals surface area contributed by atoms with Gasteiger partial charge in [-0.05, 0) is 38.3 Å². The second-order valence-electron chi connectivity index (χ2n) is 5.82. The molecule has 0 unspecified atom stereocenters. The number of amides is 2. The van der Waals surface area contributed by atoms with Gasteiger partial charge in [-0.2, -0.15) is 0 Å². The summed E-state index contributed by atoms with van der Waals surface area (Å²) in [6.45, 7) is 3.22. The number of thioether (sulfide) groups is 1. The number of hydrogen-bond acceptors (Lipinski definition) is 6. The van der Waals surface area contributed by atoms with Crippen molar-refractivity contribution in [2.24, 2.45) is 5.73 Å². The van der Waals surface area contributed by atoms with Crippen molar-refractivity contribution in [3.05, 3.63) is 18.4 Å². The normalized spacial score (nSPS) is 17.6. The topological polar surface area (TPSA) is 107 Å². The van der Waals surface area contributed by atoms with Crippen LogP contribution in [-0.4, -0.2) is 49.8 Å². The molecule has 134 valence electrons. The summed E-state index contributed by atoms with van der Waals surface area (Å²) in [6, 6.07) is 3.12. The Morgan fingerprint density at radius 3 is 2.92 bits per heavy atom. The van der Waals surface area contributed by atoms with Crippen LogP contribution in [-0.2, 0) is 16.1 Å². The van der Waals surface area contributed by atoms with E-state index in [1.807, 2.05) is 17.6 Å². The van der Waals surface area contributed by atoms with Crippen LogP contribution in [0.4, 0.5) is 0 Å². The largest absolute Gasteiger partial charge is 0.461 e. The number of hydrogen-bond donors (Lipinski definition) is 1. The summed E-state index contributed by atoms with van der Waals surface area (Å²) >= 11 is 1.31. The number of rotatable bonds is 6. The maximum Gasteiger partial charge on any atom is 0.240 e. The molecular formula is C16H21N5O3S. The zero-order chi connectivity index (χ0) is 17.8. The quantitative estimate of drug-likeness (QED) is 0.780. The van der Waals surface area contributed by atoms with Gasteiger partial charge < -0.3 is 15.1 Å². The summed E-state index contributed by atoms with van der Waals surface area (Å²) in [4.78, 5) is 25.7. The first kappa shape index (κ1) is 17.5. The lowest BCUT2D eigenvalue weighted by atomic mass is 10.0. The maximum atomic E-state index is 12.5. The minimum absolute atomic E-state index is 0.0984. The van der Waals surface area contributed by atoms with Gasteiger partial charge in [0.15, 0.2) is 16.7 Å². The zero-order valence-electron chi connectivity index (χ0n) is 14.1. The SMILES string of the molecule is CCn1c(SCC(=O)N2CCCC[C@@H]2C(N)=O)nnc1-c1ccco1. The van der Waals surface area contributed by atoms with Gasteiger partial charge in [0.1, 0.15) is 6.04 Å². The van der Waals surface area contributed by atoms with Gasteiger partial charge in [0.25, 0.3) is 0 Å². The Hall–Kier alpha value is -2.29. The molecule has 0 radical (unpaired) electrons. The zero-order valence-corrected chi connectivity index (χ0v) is 14.9. The first-order valence-electron chi connectivity index (χ1n) is 8.30. The van der Waals surface area contributed by atoms with Crippen molar-refractivity contribution in [3.63, 3.8) is 0 Å². The standard InChI is InChI=1S/C16H21N5O3S/c1-2-20-15(12-7-5-9-24-12)18-19-16(20)25-10-13(22)21-8-4-3-6-11(21)14(17)23/h5,7,9,11H,2-4,6,8,10H2,1H3,(H2,17,23)/t11-/m1/s1. The van der Waals surface area contributed by atoms with Gasteiger partial charge in [-0.25, -0.2) is 0 Å². The van der Waals surface area contributed by atoms with Crippen LogP contribution in [0, 0.1) is 0 Å². The number of nitrogens with zero attached hydrogens (tertiary/aromatic N) is 4. The predicted molar refractivity (Wildman–Crippen MR) is 92.7 cm³/mol. The van der Waals surface area contributed by atoms with E-state index in [1.165, 1.54) is 11.8 Å². The number of carbonyl (C=O) groups is 2. The summed E-state index contributed by atoms with van der Waals surface area (Å²) in [6.07, 6.45) is 4.04. The van der Waals surface area contributed by atoms with E-state index in [9.17, 15) is 9.59 Å². The number of carbonyl (C=O) groups excluding carboxylic acids is 2. The number of primary amides is 1. The minimum Gasteiger partial charge on any atom is -0.461 e. The lowest BCUT2D eigenvalue weighted by Crippen LogP contribution is -2.51. The van der Waals surface area contributed by atoms with E-state index in [0.717, 1.165) is 12.8 Å². The predicted octanol–water partition coefficient (Wildman–Crippen LogP) is 1.52. The molecule has 2 N–H and O–H groups in total. The molecule has 1 aliphatic rings. The number of nitrogens with two attached hydrogens (primary N) is 1. The van der Waals surface area contributed by atoms with Crippen LogP contribution in [0.15, 0.2) is 28.0 Å².